The van der Waals surface area contributed by atoms with Crippen molar-refractivity contribution in [3.63, 3.8) is 0 Å². The van der Waals surface area contributed by atoms with Gasteiger partial charge in [0.1, 0.15) is 0 Å². The van der Waals surface area contributed by atoms with Gasteiger partial charge < -0.3 is 15.0 Å². The summed E-state index contributed by atoms with van der Waals surface area (Å²) in [7, 11) is -1.02. The van der Waals surface area contributed by atoms with Crippen molar-refractivity contribution in [1.29, 1.82) is 0 Å². The lowest BCUT2D eigenvalue weighted by Crippen LogP contribution is -2.29. The first-order chi connectivity index (χ1) is 12.9. The van der Waals surface area contributed by atoms with Crippen molar-refractivity contribution in [1.82, 2.24) is 20.0 Å². The molecule has 1 aliphatic heterocycles. The molecule has 27 heavy (non-hydrogen) atoms. The molecule has 9 heteroatoms. The maximum Gasteiger partial charge on any atom is 0.492 e. The van der Waals surface area contributed by atoms with Gasteiger partial charge in [-0.1, -0.05) is 17.3 Å². The van der Waals surface area contributed by atoms with Gasteiger partial charge in [-0.3, -0.25) is 4.79 Å². The number of hydrogen-bond donors (Lipinski definition) is 2. The van der Waals surface area contributed by atoms with E-state index in [1.165, 1.54) is 4.68 Å². The molecule has 8 nitrogen and oxygen atoms in total. The number of fused-ring (bicyclic) bond motifs is 1. The van der Waals surface area contributed by atoms with E-state index in [0.29, 0.717) is 22.7 Å². The second-order valence-electron chi connectivity index (χ2n) is 6.86. The fourth-order valence-corrected chi connectivity index (χ4v) is 3.23. The standard InChI is InChI=1S/C18H18BN5O3/c1-11-16(22-23-24(11)15-6-4-5-9-20-15)17(25)21-12-7-8-13-14(10-12)19(26)27-18(13,2)3/h4-10,26H,1-3H3,(H,21,25). The number of hydrogen-bond acceptors (Lipinski definition) is 6. The lowest BCUT2D eigenvalue weighted by molar-refractivity contribution is 0.100. The van der Waals surface area contributed by atoms with Crippen LogP contribution in [0.25, 0.3) is 5.82 Å². The fraction of sp³-hybridized carbons (Fsp3) is 0.222. The van der Waals surface area contributed by atoms with E-state index in [0.717, 1.165) is 5.56 Å². The van der Waals surface area contributed by atoms with Crippen LogP contribution in [0.4, 0.5) is 5.69 Å². The van der Waals surface area contributed by atoms with Crippen molar-refractivity contribution in [2.75, 3.05) is 5.32 Å². The summed E-state index contributed by atoms with van der Waals surface area (Å²) in [6.07, 6.45) is 1.65. The molecular formula is C18H18BN5O3. The maximum atomic E-state index is 12.6. The van der Waals surface area contributed by atoms with E-state index in [1.54, 1.807) is 37.4 Å². The summed E-state index contributed by atoms with van der Waals surface area (Å²) in [6, 6.07) is 10.8. The van der Waals surface area contributed by atoms with Crippen LogP contribution in [0.3, 0.4) is 0 Å². The highest BCUT2D eigenvalue weighted by Gasteiger charge is 2.40. The third-order valence-electron chi connectivity index (χ3n) is 4.61. The summed E-state index contributed by atoms with van der Waals surface area (Å²) < 4.78 is 7.06. The molecule has 3 heterocycles. The number of rotatable bonds is 3. The highest BCUT2D eigenvalue weighted by Crippen LogP contribution is 2.30. The van der Waals surface area contributed by atoms with Crippen LogP contribution in [0.15, 0.2) is 42.6 Å². The van der Waals surface area contributed by atoms with Crippen LogP contribution in [0, 0.1) is 6.92 Å². The number of carbonyl (C=O) groups excluding carboxylic acids is 1. The van der Waals surface area contributed by atoms with Gasteiger partial charge in [-0.25, -0.2) is 4.98 Å². The molecule has 3 aromatic rings. The van der Waals surface area contributed by atoms with Crippen molar-refractivity contribution in [2.45, 2.75) is 26.4 Å². The summed E-state index contributed by atoms with van der Waals surface area (Å²) in [4.78, 5) is 16.9. The quantitative estimate of drug-likeness (QED) is 0.678. The highest BCUT2D eigenvalue weighted by molar-refractivity contribution is 6.62. The molecule has 1 amide bonds. The van der Waals surface area contributed by atoms with Crippen LogP contribution >= 0.6 is 0 Å². The lowest BCUT2D eigenvalue weighted by Gasteiger charge is -2.19. The van der Waals surface area contributed by atoms with Crippen LogP contribution in [-0.2, 0) is 10.3 Å². The normalized spacial score (nSPS) is 14.9. The van der Waals surface area contributed by atoms with Gasteiger partial charge >= 0.3 is 7.12 Å². The Morgan fingerprint density at radius 1 is 1.30 bits per heavy atom. The largest absolute Gasteiger partial charge is 0.492 e. The molecule has 136 valence electrons. The molecule has 0 fully saturated rings. The predicted molar refractivity (Wildman–Crippen MR) is 100 cm³/mol. The first-order valence-corrected chi connectivity index (χ1v) is 8.52. The van der Waals surface area contributed by atoms with Crippen LogP contribution < -0.4 is 10.8 Å². The number of amides is 1. The number of carbonyl (C=O) groups is 1. The minimum Gasteiger partial charge on any atom is -0.423 e. The Kier molecular flexibility index (Phi) is 4.05. The monoisotopic (exact) mass is 363 g/mol. The van der Waals surface area contributed by atoms with E-state index in [9.17, 15) is 9.82 Å². The second kappa shape index (κ2) is 6.29. The molecule has 1 aliphatic rings. The molecule has 0 aliphatic carbocycles. The molecule has 0 saturated heterocycles. The van der Waals surface area contributed by atoms with Crippen LogP contribution in [0.1, 0.15) is 35.6 Å². The molecule has 2 N–H and O–H groups in total. The minimum absolute atomic E-state index is 0.207. The van der Waals surface area contributed by atoms with Crippen LogP contribution in [-0.4, -0.2) is 38.0 Å². The molecule has 0 saturated carbocycles. The third kappa shape index (κ3) is 3.00. The number of nitrogens with zero attached hydrogens (tertiary/aromatic N) is 4. The number of nitrogens with one attached hydrogen (secondary N) is 1. The average Bonchev–Trinajstić information content (AvgIpc) is 3.13. The number of anilines is 1. The first-order valence-electron chi connectivity index (χ1n) is 8.52. The molecule has 0 atom stereocenters. The molecule has 1 aromatic carbocycles. The number of aromatic nitrogens is 4. The zero-order valence-electron chi connectivity index (χ0n) is 15.2. The van der Waals surface area contributed by atoms with E-state index in [1.807, 2.05) is 26.0 Å². The molecule has 4 rings (SSSR count). The van der Waals surface area contributed by atoms with Gasteiger partial charge in [0.15, 0.2) is 11.5 Å². The second-order valence-corrected chi connectivity index (χ2v) is 6.86. The SMILES string of the molecule is Cc1c(C(=O)Nc2ccc3c(c2)B(O)OC3(C)C)nnn1-c1ccccn1. The predicted octanol–water partition coefficient (Wildman–Crippen LogP) is 1.18. The summed E-state index contributed by atoms with van der Waals surface area (Å²) >= 11 is 0. The Bertz CT molecular complexity index is 1020. The zero-order valence-corrected chi connectivity index (χ0v) is 15.2. The van der Waals surface area contributed by atoms with E-state index in [2.05, 4.69) is 20.6 Å². The van der Waals surface area contributed by atoms with Crippen molar-refractivity contribution in [3.8, 4) is 5.82 Å². The van der Waals surface area contributed by atoms with Gasteiger partial charge in [-0.15, -0.1) is 5.10 Å². The van der Waals surface area contributed by atoms with Crippen molar-refractivity contribution >= 4 is 24.2 Å². The number of benzene rings is 1. The minimum atomic E-state index is -1.02. The average molecular weight is 363 g/mol. The van der Waals surface area contributed by atoms with Crippen LogP contribution in [0.5, 0.6) is 0 Å². The summed E-state index contributed by atoms with van der Waals surface area (Å²) in [6.45, 7) is 5.53. The molecule has 0 spiro atoms. The van der Waals surface area contributed by atoms with Gasteiger partial charge in [0, 0.05) is 11.9 Å². The molecule has 2 aromatic heterocycles. The summed E-state index contributed by atoms with van der Waals surface area (Å²) in [5.74, 6) is 0.198. The van der Waals surface area contributed by atoms with Crippen molar-refractivity contribution in [3.05, 3.63) is 59.5 Å². The first kappa shape index (κ1) is 17.4. The highest BCUT2D eigenvalue weighted by atomic mass is 16.5. The molecular weight excluding hydrogens is 345 g/mol. The van der Waals surface area contributed by atoms with Gasteiger partial charge in [0.25, 0.3) is 5.91 Å². The Balaban J connectivity index is 1.59. The fourth-order valence-electron chi connectivity index (χ4n) is 3.23. The lowest BCUT2D eigenvalue weighted by atomic mass is 9.78. The smallest absolute Gasteiger partial charge is 0.423 e. The van der Waals surface area contributed by atoms with Crippen molar-refractivity contribution < 1.29 is 14.5 Å². The van der Waals surface area contributed by atoms with E-state index in [-0.39, 0.29) is 11.6 Å². The van der Waals surface area contributed by atoms with E-state index < -0.39 is 12.7 Å². The Morgan fingerprint density at radius 3 is 2.85 bits per heavy atom. The Morgan fingerprint density at radius 2 is 2.11 bits per heavy atom. The van der Waals surface area contributed by atoms with Gasteiger partial charge in [0.05, 0.1) is 11.3 Å². The molecule has 0 radical (unpaired) electrons. The van der Waals surface area contributed by atoms with Gasteiger partial charge in [0.2, 0.25) is 0 Å². The summed E-state index contributed by atoms with van der Waals surface area (Å²) in [5.41, 5.74) is 2.30. The maximum absolute atomic E-state index is 12.6. The number of pyridine rings is 1. The van der Waals surface area contributed by atoms with E-state index >= 15 is 0 Å². The zero-order chi connectivity index (χ0) is 19.2. The van der Waals surface area contributed by atoms with Crippen molar-refractivity contribution in [2.24, 2.45) is 0 Å². The Hall–Kier alpha value is -3.04. The third-order valence-corrected chi connectivity index (χ3v) is 4.61. The molecule has 0 bridgehead atoms. The Labute approximate surface area is 156 Å². The van der Waals surface area contributed by atoms with Gasteiger partial charge in [-0.05, 0) is 56.1 Å². The van der Waals surface area contributed by atoms with Crippen LogP contribution in [0.2, 0.25) is 0 Å². The topological polar surface area (TPSA) is 102 Å². The summed E-state index contributed by atoms with van der Waals surface area (Å²) in [5, 5.41) is 20.9. The van der Waals surface area contributed by atoms with E-state index in [4.69, 9.17) is 4.65 Å². The van der Waals surface area contributed by atoms with Gasteiger partial charge in [-0.2, -0.15) is 4.68 Å². The molecule has 0 unspecified atom stereocenters.